The fraction of sp³-hybridized carbons (Fsp3) is 0.385. The molecule has 1 saturated heterocycles. The number of aryl methyl sites for hydroxylation is 1. The van der Waals surface area contributed by atoms with Crippen LogP contribution in [0.2, 0.25) is 0 Å². The number of carbonyl (C=O) groups is 1. The number of benzene rings is 1. The number of anilines is 1. The minimum Gasteiger partial charge on any atom is -0.389 e. The molecular formula is C13H17N3OS. The molecule has 1 unspecified atom stereocenters. The van der Waals surface area contributed by atoms with Crippen molar-refractivity contribution >= 4 is 28.8 Å². The molecule has 2 rings (SSSR count). The molecule has 1 aromatic carbocycles. The number of nitrogens with two attached hydrogens (primary N) is 1. The van der Waals surface area contributed by atoms with Gasteiger partial charge in [0.2, 0.25) is 5.91 Å². The van der Waals surface area contributed by atoms with Crippen LogP contribution >= 0.6 is 12.2 Å². The Hall–Kier alpha value is -1.62. The molecule has 5 heteroatoms. The molecule has 1 atom stereocenters. The van der Waals surface area contributed by atoms with Crippen molar-refractivity contribution in [3.63, 3.8) is 0 Å². The van der Waals surface area contributed by atoms with E-state index in [2.05, 4.69) is 10.6 Å². The second-order valence-corrected chi connectivity index (χ2v) is 5.02. The van der Waals surface area contributed by atoms with E-state index in [0.717, 1.165) is 23.2 Å². The van der Waals surface area contributed by atoms with Gasteiger partial charge in [-0.25, -0.2) is 0 Å². The maximum absolute atomic E-state index is 11.1. The lowest BCUT2D eigenvalue weighted by Crippen LogP contribution is -2.41. The Morgan fingerprint density at radius 3 is 2.89 bits per heavy atom. The third kappa shape index (κ3) is 2.98. The quantitative estimate of drug-likeness (QED) is 0.720. The SMILES string of the molecule is Cc1cc(NC2CCC(=O)NC2)ccc1C(N)=S. The standard InChI is InChI=1S/C13H17N3OS/c1-8-6-9(2-4-11(8)13(14)18)16-10-3-5-12(17)15-7-10/h2,4,6,10,16H,3,5,7H2,1H3,(H2,14,18)(H,15,17). The van der Waals surface area contributed by atoms with E-state index in [1.54, 1.807) is 0 Å². The first-order chi connectivity index (χ1) is 8.56. The van der Waals surface area contributed by atoms with Crippen LogP contribution in [0.3, 0.4) is 0 Å². The van der Waals surface area contributed by atoms with Crippen molar-refractivity contribution in [3.05, 3.63) is 29.3 Å². The third-order valence-electron chi connectivity index (χ3n) is 3.13. The van der Waals surface area contributed by atoms with E-state index in [-0.39, 0.29) is 11.9 Å². The molecule has 18 heavy (non-hydrogen) atoms. The Kier molecular flexibility index (Phi) is 3.81. The molecule has 1 amide bonds. The number of hydrogen-bond acceptors (Lipinski definition) is 3. The van der Waals surface area contributed by atoms with Crippen molar-refractivity contribution in [1.29, 1.82) is 0 Å². The second kappa shape index (κ2) is 5.35. The van der Waals surface area contributed by atoms with E-state index >= 15 is 0 Å². The smallest absolute Gasteiger partial charge is 0.220 e. The topological polar surface area (TPSA) is 67.2 Å². The molecule has 0 aromatic heterocycles. The summed E-state index contributed by atoms with van der Waals surface area (Å²) in [6.45, 7) is 2.66. The predicted molar refractivity (Wildman–Crippen MR) is 76.7 cm³/mol. The van der Waals surface area contributed by atoms with Crippen molar-refractivity contribution in [2.45, 2.75) is 25.8 Å². The molecule has 1 fully saturated rings. The van der Waals surface area contributed by atoms with E-state index in [9.17, 15) is 4.79 Å². The average molecular weight is 263 g/mol. The average Bonchev–Trinajstić information content (AvgIpc) is 2.32. The predicted octanol–water partition coefficient (Wildman–Crippen LogP) is 1.32. The fourth-order valence-corrected chi connectivity index (χ4v) is 2.35. The van der Waals surface area contributed by atoms with Gasteiger partial charge < -0.3 is 16.4 Å². The highest BCUT2D eigenvalue weighted by Crippen LogP contribution is 2.17. The number of hydrogen-bond donors (Lipinski definition) is 3. The van der Waals surface area contributed by atoms with Crippen LogP contribution in [0, 0.1) is 6.92 Å². The normalized spacial score (nSPS) is 19.2. The molecule has 4 N–H and O–H groups in total. The Labute approximate surface area is 112 Å². The van der Waals surface area contributed by atoms with E-state index < -0.39 is 0 Å². The molecule has 0 radical (unpaired) electrons. The molecule has 4 nitrogen and oxygen atoms in total. The van der Waals surface area contributed by atoms with E-state index in [0.29, 0.717) is 18.0 Å². The lowest BCUT2D eigenvalue weighted by molar-refractivity contribution is -0.122. The maximum atomic E-state index is 11.1. The molecule has 0 bridgehead atoms. The van der Waals surface area contributed by atoms with Gasteiger partial charge in [-0.15, -0.1) is 0 Å². The van der Waals surface area contributed by atoms with E-state index in [1.807, 2.05) is 25.1 Å². The molecule has 0 saturated carbocycles. The Morgan fingerprint density at radius 1 is 1.56 bits per heavy atom. The fourth-order valence-electron chi connectivity index (χ4n) is 2.12. The first-order valence-corrected chi connectivity index (χ1v) is 6.41. The highest BCUT2D eigenvalue weighted by molar-refractivity contribution is 7.80. The van der Waals surface area contributed by atoms with Crippen LogP contribution in [0.4, 0.5) is 5.69 Å². The zero-order valence-corrected chi connectivity index (χ0v) is 11.1. The van der Waals surface area contributed by atoms with E-state index in [1.165, 1.54) is 0 Å². The zero-order chi connectivity index (χ0) is 13.1. The summed E-state index contributed by atoms with van der Waals surface area (Å²) < 4.78 is 0. The molecule has 0 aliphatic carbocycles. The summed E-state index contributed by atoms with van der Waals surface area (Å²) >= 11 is 4.98. The van der Waals surface area contributed by atoms with Gasteiger partial charge in [-0.05, 0) is 37.1 Å². The lowest BCUT2D eigenvalue weighted by atomic mass is 10.0. The number of piperidine rings is 1. The summed E-state index contributed by atoms with van der Waals surface area (Å²) in [5.41, 5.74) is 8.64. The molecule has 96 valence electrons. The summed E-state index contributed by atoms with van der Waals surface area (Å²) in [6, 6.07) is 6.22. The van der Waals surface area contributed by atoms with Gasteiger partial charge >= 0.3 is 0 Å². The molecule has 1 aliphatic rings. The van der Waals surface area contributed by atoms with Crippen molar-refractivity contribution in [1.82, 2.24) is 5.32 Å². The van der Waals surface area contributed by atoms with Gasteiger partial charge in [0.15, 0.2) is 0 Å². The summed E-state index contributed by atoms with van der Waals surface area (Å²) in [5, 5.41) is 6.26. The minimum atomic E-state index is 0.132. The van der Waals surface area contributed by atoms with Crippen molar-refractivity contribution < 1.29 is 4.79 Å². The highest BCUT2D eigenvalue weighted by atomic mass is 32.1. The minimum absolute atomic E-state index is 0.132. The van der Waals surface area contributed by atoms with Gasteiger partial charge in [-0.3, -0.25) is 4.79 Å². The first kappa shape index (κ1) is 12.8. The maximum Gasteiger partial charge on any atom is 0.220 e. The molecule has 1 aromatic rings. The number of carbonyl (C=O) groups excluding carboxylic acids is 1. The van der Waals surface area contributed by atoms with Crippen LogP contribution in [-0.4, -0.2) is 23.5 Å². The highest BCUT2D eigenvalue weighted by Gasteiger charge is 2.17. The molecule has 1 heterocycles. The Morgan fingerprint density at radius 2 is 2.33 bits per heavy atom. The monoisotopic (exact) mass is 263 g/mol. The van der Waals surface area contributed by atoms with Crippen LogP contribution < -0.4 is 16.4 Å². The van der Waals surface area contributed by atoms with Crippen LogP contribution in [0.25, 0.3) is 0 Å². The molecule has 1 aliphatic heterocycles. The van der Waals surface area contributed by atoms with Gasteiger partial charge in [0.25, 0.3) is 0 Å². The van der Waals surface area contributed by atoms with Crippen LogP contribution in [0.5, 0.6) is 0 Å². The van der Waals surface area contributed by atoms with Gasteiger partial charge in [0.05, 0.1) is 0 Å². The summed E-state index contributed by atoms with van der Waals surface area (Å²) in [4.78, 5) is 11.5. The largest absolute Gasteiger partial charge is 0.389 e. The van der Waals surface area contributed by atoms with Crippen LogP contribution in [0.15, 0.2) is 18.2 Å². The summed E-state index contributed by atoms with van der Waals surface area (Å²) in [6.07, 6.45) is 1.45. The summed E-state index contributed by atoms with van der Waals surface area (Å²) in [7, 11) is 0. The molecular weight excluding hydrogens is 246 g/mol. The number of thiocarbonyl (C=S) groups is 1. The third-order valence-corrected chi connectivity index (χ3v) is 3.35. The van der Waals surface area contributed by atoms with Crippen molar-refractivity contribution in [2.24, 2.45) is 5.73 Å². The molecule has 0 spiro atoms. The zero-order valence-electron chi connectivity index (χ0n) is 10.3. The number of amides is 1. The number of rotatable bonds is 3. The van der Waals surface area contributed by atoms with Crippen LogP contribution in [-0.2, 0) is 4.79 Å². The van der Waals surface area contributed by atoms with Gasteiger partial charge in [-0.2, -0.15) is 0 Å². The second-order valence-electron chi connectivity index (χ2n) is 4.58. The van der Waals surface area contributed by atoms with Crippen molar-refractivity contribution in [3.8, 4) is 0 Å². The van der Waals surface area contributed by atoms with Gasteiger partial charge in [0.1, 0.15) is 4.99 Å². The number of nitrogens with one attached hydrogen (secondary N) is 2. The lowest BCUT2D eigenvalue weighted by Gasteiger charge is -2.24. The van der Waals surface area contributed by atoms with Crippen LogP contribution in [0.1, 0.15) is 24.0 Å². The van der Waals surface area contributed by atoms with Gasteiger partial charge in [-0.1, -0.05) is 12.2 Å². The van der Waals surface area contributed by atoms with Gasteiger partial charge in [0, 0.05) is 30.3 Å². The van der Waals surface area contributed by atoms with Crippen molar-refractivity contribution in [2.75, 3.05) is 11.9 Å². The summed E-state index contributed by atoms with van der Waals surface area (Å²) in [5.74, 6) is 0.132. The Bertz CT molecular complexity index is 477. The first-order valence-electron chi connectivity index (χ1n) is 6.00. The Balaban J connectivity index is 2.04. The van der Waals surface area contributed by atoms with E-state index in [4.69, 9.17) is 18.0 Å².